The topological polar surface area (TPSA) is 99.0 Å². The number of aromatic nitrogens is 4. The van der Waals surface area contributed by atoms with Crippen molar-refractivity contribution in [2.24, 2.45) is 0 Å². The number of amides is 1. The van der Waals surface area contributed by atoms with E-state index in [1.807, 2.05) is 6.92 Å². The molecule has 0 aliphatic rings. The molecule has 1 aromatic carbocycles. The number of anilines is 1. The normalized spacial score (nSPS) is 10.1. The molecule has 104 valence electrons. The molecule has 0 spiro atoms. The highest BCUT2D eigenvalue weighted by Gasteiger charge is 2.11. The minimum absolute atomic E-state index is 0.00507. The monoisotopic (exact) mass is 275 g/mol. The maximum absolute atomic E-state index is 11.8. The zero-order chi connectivity index (χ0) is 14.5. The molecule has 0 radical (unpaired) electrons. The summed E-state index contributed by atoms with van der Waals surface area (Å²) in [6.07, 6.45) is 1.34. The second kappa shape index (κ2) is 5.91. The Balaban J connectivity index is 2.12. The van der Waals surface area contributed by atoms with E-state index in [-0.39, 0.29) is 12.5 Å². The van der Waals surface area contributed by atoms with E-state index in [9.17, 15) is 9.59 Å². The predicted molar refractivity (Wildman–Crippen MR) is 69.0 cm³/mol. The van der Waals surface area contributed by atoms with Gasteiger partial charge in [-0.1, -0.05) is 6.07 Å². The molecule has 0 atom stereocenters. The van der Waals surface area contributed by atoms with Crippen molar-refractivity contribution in [2.45, 2.75) is 13.5 Å². The Kier molecular flexibility index (Phi) is 4.04. The number of tetrazole rings is 1. The summed E-state index contributed by atoms with van der Waals surface area (Å²) in [6.45, 7) is 1.82. The molecule has 0 saturated heterocycles. The van der Waals surface area contributed by atoms with E-state index < -0.39 is 5.97 Å². The first-order chi connectivity index (χ1) is 9.60. The zero-order valence-electron chi connectivity index (χ0n) is 11.0. The maximum atomic E-state index is 11.8. The summed E-state index contributed by atoms with van der Waals surface area (Å²) in [7, 11) is 1.30. The molecule has 1 aromatic heterocycles. The molecule has 0 unspecified atom stereocenters. The number of hydrogen-bond acceptors (Lipinski definition) is 6. The molecular formula is C12H13N5O3. The lowest BCUT2D eigenvalue weighted by Crippen LogP contribution is -2.20. The summed E-state index contributed by atoms with van der Waals surface area (Å²) in [5, 5.41) is 13.2. The lowest BCUT2D eigenvalue weighted by atomic mass is 10.1. The number of ether oxygens (including phenoxy) is 1. The average molecular weight is 275 g/mol. The smallest absolute Gasteiger partial charge is 0.337 e. The number of nitrogens with zero attached hydrogens (tertiary/aromatic N) is 4. The molecular weight excluding hydrogens is 262 g/mol. The molecule has 0 bridgehead atoms. The van der Waals surface area contributed by atoms with Crippen LogP contribution in [0.25, 0.3) is 0 Å². The molecule has 20 heavy (non-hydrogen) atoms. The Hall–Kier alpha value is -2.77. The van der Waals surface area contributed by atoms with Gasteiger partial charge >= 0.3 is 5.97 Å². The first-order valence-corrected chi connectivity index (χ1v) is 5.79. The number of nitrogens with one attached hydrogen (secondary N) is 1. The van der Waals surface area contributed by atoms with Gasteiger partial charge < -0.3 is 10.1 Å². The van der Waals surface area contributed by atoms with E-state index in [1.165, 1.54) is 18.1 Å². The highest BCUT2D eigenvalue weighted by atomic mass is 16.5. The second-order valence-corrected chi connectivity index (χ2v) is 4.08. The molecule has 0 aliphatic heterocycles. The van der Waals surface area contributed by atoms with Gasteiger partial charge in [0.1, 0.15) is 12.9 Å². The number of hydrogen-bond donors (Lipinski definition) is 1. The van der Waals surface area contributed by atoms with Crippen LogP contribution in [0.5, 0.6) is 0 Å². The molecule has 0 saturated carbocycles. The van der Waals surface area contributed by atoms with E-state index in [4.69, 9.17) is 0 Å². The van der Waals surface area contributed by atoms with Crippen molar-refractivity contribution >= 4 is 17.6 Å². The van der Waals surface area contributed by atoms with Crippen LogP contribution >= 0.6 is 0 Å². The first-order valence-electron chi connectivity index (χ1n) is 5.79. The number of rotatable bonds is 4. The van der Waals surface area contributed by atoms with Crippen LogP contribution in [-0.2, 0) is 16.1 Å². The predicted octanol–water partition coefficient (Wildman–Crippen LogP) is 0.407. The van der Waals surface area contributed by atoms with E-state index >= 15 is 0 Å². The van der Waals surface area contributed by atoms with Crippen molar-refractivity contribution in [3.63, 3.8) is 0 Å². The molecule has 2 rings (SSSR count). The Morgan fingerprint density at radius 3 is 2.85 bits per heavy atom. The van der Waals surface area contributed by atoms with Crippen molar-refractivity contribution in [2.75, 3.05) is 12.4 Å². The van der Waals surface area contributed by atoms with Crippen molar-refractivity contribution in [1.82, 2.24) is 20.2 Å². The molecule has 0 aliphatic carbocycles. The van der Waals surface area contributed by atoms with Crippen molar-refractivity contribution in [3.05, 3.63) is 35.7 Å². The molecule has 2 aromatic rings. The van der Waals surface area contributed by atoms with Crippen LogP contribution in [0.3, 0.4) is 0 Å². The van der Waals surface area contributed by atoms with Gasteiger partial charge in [-0.25, -0.2) is 9.48 Å². The Morgan fingerprint density at radius 2 is 2.20 bits per heavy atom. The number of esters is 1. The summed E-state index contributed by atoms with van der Waals surface area (Å²) in [6, 6.07) is 4.94. The number of benzene rings is 1. The molecule has 0 fully saturated rings. The summed E-state index contributed by atoms with van der Waals surface area (Å²) in [4.78, 5) is 23.3. The fourth-order valence-corrected chi connectivity index (χ4v) is 1.59. The van der Waals surface area contributed by atoms with Gasteiger partial charge in [-0.05, 0) is 35.0 Å². The highest BCUT2D eigenvalue weighted by Crippen LogP contribution is 2.17. The molecule has 1 heterocycles. The summed E-state index contributed by atoms with van der Waals surface area (Å²) >= 11 is 0. The Labute approximate surface area is 114 Å². The van der Waals surface area contributed by atoms with Gasteiger partial charge in [-0.15, -0.1) is 5.10 Å². The fourth-order valence-electron chi connectivity index (χ4n) is 1.59. The van der Waals surface area contributed by atoms with Gasteiger partial charge in [0, 0.05) is 5.69 Å². The van der Waals surface area contributed by atoms with Gasteiger partial charge in [-0.3, -0.25) is 4.79 Å². The lowest BCUT2D eigenvalue weighted by molar-refractivity contribution is -0.116. The summed E-state index contributed by atoms with van der Waals surface area (Å²) in [5.41, 5.74) is 1.75. The second-order valence-electron chi connectivity index (χ2n) is 4.08. The van der Waals surface area contributed by atoms with E-state index in [0.29, 0.717) is 11.3 Å². The van der Waals surface area contributed by atoms with Crippen LogP contribution in [0.15, 0.2) is 24.5 Å². The zero-order valence-corrected chi connectivity index (χ0v) is 11.0. The van der Waals surface area contributed by atoms with Gasteiger partial charge in [-0.2, -0.15) is 0 Å². The van der Waals surface area contributed by atoms with Crippen LogP contribution in [0.2, 0.25) is 0 Å². The first kappa shape index (κ1) is 13.7. The minimum atomic E-state index is -0.457. The van der Waals surface area contributed by atoms with Gasteiger partial charge in [0.05, 0.1) is 12.7 Å². The molecule has 8 heteroatoms. The Bertz CT molecular complexity index is 624. The third-order valence-electron chi connectivity index (χ3n) is 2.63. The number of aryl methyl sites for hydroxylation is 1. The van der Waals surface area contributed by atoms with E-state index in [0.717, 1.165) is 5.56 Å². The standard InChI is InChI=1S/C12H13N5O3/c1-8-3-4-9(12(19)20-2)5-10(8)14-11(18)6-17-7-13-15-16-17/h3-5,7H,6H2,1-2H3,(H,14,18). The van der Waals surface area contributed by atoms with Gasteiger partial charge in [0.2, 0.25) is 5.91 Å². The molecule has 8 nitrogen and oxygen atoms in total. The molecule has 1 N–H and O–H groups in total. The van der Waals surface area contributed by atoms with Gasteiger partial charge in [0.25, 0.3) is 0 Å². The van der Waals surface area contributed by atoms with Crippen LogP contribution in [0, 0.1) is 6.92 Å². The van der Waals surface area contributed by atoms with Crippen molar-refractivity contribution in [3.8, 4) is 0 Å². The summed E-state index contributed by atoms with van der Waals surface area (Å²) < 4.78 is 5.94. The number of carbonyl (C=O) groups is 2. The third kappa shape index (κ3) is 3.16. The maximum Gasteiger partial charge on any atom is 0.337 e. The van der Waals surface area contributed by atoms with Crippen LogP contribution < -0.4 is 5.32 Å². The quantitative estimate of drug-likeness (QED) is 0.811. The minimum Gasteiger partial charge on any atom is -0.465 e. The van der Waals surface area contributed by atoms with E-state index in [1.54, 1.807) is 18.2 Å². The highest BCUT2D eigenvalue weighted by molar-refractivity contribution is 5.95. The molecule has 1 amide bonds. The lowest BCUT2D eigenvalue weighted by Gasteiger charge is -2.09. The van der Waals surface area contributed by atoms with Crippen LogP contribution in [-0.4, -0.2) is 39.2 Å². The average Bonchev–Trinajstić information content (AvgIpc) is 2.93. The SMILES string of the molecule is COC(=O)c1ccc(C)c(NC(=O)Cn2cnnn2)c1. The van der Waals surface area contributed by atoms with Crippen LogP contribution in [0.4, 0.5) is 5.69 Å². The summed E-state index contributed by atoms with van der Waals surface area (Å²) in [5.74, 6) is -0.747. The largest absolute Gasteiger partial charge is 0.465 e. The number of methoxy groups -OCH3 is 1. The van der Waals surface area contributed by atoms with Crippen molar-refractivity contribution in [1.29, 1.82) is 0 Å². The van der Waals surface area contributed by atoms with E-state index in [2.05, 4.69) is 25.6 Å². The number of carbonyl (C=O) groups excluding carboxylic acids is 2. The van der Waals surface area contributed by atoms with Crippen LogP contribution in [0.1, 0.15) is 15.9 Å². The van der Waals surface area contributed by atoms with Crippen molar-refractivity contribution < 1.29 is 14.3 Å². The Morgan fingerprint density at radius 1 is 1.40 bits per heavy atom. The third-order valence-corrected chi connectivity index (χ3v) is 2.63. The fraction of sp³-hybridized carbons (Fsp3) is 0.250. The van der Waals surface area contributed by atoms with Gasteiger partial charge in [0.15, 0.2) is 0 Å².